The quantitative estimate of drug-likeness (QED) is 0.802. The Morgan fingerprint density at radius 3 is 2.88 bits per heavy atom. The second-order valence-electron chi connectivity index (χ2n) is 4.21. The number of amides is 1. The molecule has 1 unspecified atom stereocenters. The zero-order valence-electron chi connectivity index (χ0n) is 9.75. The van der Waals surface area contributed by atoms with Gasteiger partial charge in [-0.15, -0.1) is 0 Å². The van der Waals surface area contributed by atoms with Crippen molar-refractivity contribution in [3.05, 3.63) is 22.4 Å². The predicted molar refractivity (Wildman–Crippen MR) is 73.3 cm³/mol. The van der Waals surface area contributed by atoms with E-state index in [2.05, 4.69) is 35.1 Å². The van der Waals surface area contributed by atoms with Gasteiger partial charge in [0.2, 0.25) is 5.91 Å². The van der Waals surface area contributed by atoms with Crippen molar-refractivity contribution in [2.75, 3.05) is 5.33 Å². The van der Waals surface area contributed by atoms with Crippen LogP contribution in [0.15, 0.2) is 16.8 Å². The number of carbonyl (C=O) groups is 1. The van der Waals surface area contributed by atoms with Crippen molar-refractivity contribution in [1.29, 1.82) is 0 Å². The molecule has 0 fully saturated rings. The molecule has 1 rings (SSSR count). The SMILES string of the molecule is CCC(C)(CCBr)NC(=O)Cc1ccsc1. The number of hydrogen-bond acceptors (Lipinski definition) is 2. The van der Waals surface area contributed by atoms with Crippen molar-refractivity contribution in [3.8, 4) is 0 Å². The van der Waals surface area contributed by atoms with E-state index in [4.69, 9.17) is 0 Å². The molecule has 0 saturated carbocycles. The molecule has 0 aliphatic heterocycles. The van der Waals surface area contributed by atoms with Gasteiger partial charge in [-0.2, -0.15) is 11.3 Å². The molecule has 0 bridgehead atoms. The maximum Gasteiger partial charge on any atom is 0.224 e. The lowest BCUT2D eigenvalue weighted by atomic mass is 9.95. The first kappa shape index (κ1) is 13.7. The van der Waals surface area contributed by atoms with Crippen LogP contribution in [0.25, 0.3) is 0 Å². The number of nitrogens with one attached hydrogen (secondary N) is 1. The Bertz CT molecular complexity index is 326. The summed E-state index contributed by atoms with van der Waals surface area (Å²) < 4.78 is 0. The Morgan fingerprint density at radius 1 is 1.62 bits per heavy atom. The first-order chi connectivity index (χ1) is 7.59. The molecule has 1 heterocycles. The molecule has 1 N–H and O–H groups in total. The molecule has 0 aromatic carbocycles. The van der Waals surface area contributed by atoms with E-state index in [9.17, 15) is 4.79 Å². The minimum atomic E-state index is -0.0867. The van der Waals surface area contributed by atoms with Crippen LogP contribution in [0.4, 0.5) is 0 Å². The first-order valence-corrected chi connectivity index (χ1v) is 7.54. The zero-order chi connectivity index (χ0) is 12.0. The average molecular weight is 304 g/mol. The van der Waals surface area contributed by atoms with Gasteiger partial charge in [-0.05, 0) is 42.2 Å². The van der Waals surface area contributed by atoms with Crippen LogP contribution in [0, 0.1) is 0 Å². The van der Waals surface area contributed by atoms with E-state index < -0.39 is 0 Å². The molecule has 1 aromatic rings. The summed E-state index contributed by atoms with van der Waals surface area (Å²) >= 11 is 5.06. The molecule has 4 heteroatoms. The summed E-state index contributed by atoms with van der Waals surface area (Å²) in [5.74, 6) is 0.115. The van der Waals surface area contributed by atoms with Gasteiger partial charge in [0.25, 0.3) is 0 Å². The van der Waals surface area contributed by atoms with E-state index in [1.54, 1.807) is 11.3 Å². The van der Waals surface area contributed by atoms with E-state index in [1.165, 1.54) is 0 Å². The molecule has 1 atom stereocenters. The molecule has 2 nitrogen and oxygen atoms in total. The molecular formula is C12H18BrNOS. The fraction of sp³-hybridized carbons (Fsp3) is 0.583. The lowest BCUT2D eigenvalue weighted by Gasteiger charge is -2.29. The molecule has 0 radical (unpaired) electrons. The molecular weight excluding hydrogens is 286 g/mol. The Kier molecular flexibility index (Phi) is 5.49. The van der Waals surface area contributed by atoms with Gasteiger partial charge in [-0.3, -0.25) is 4.79 Å². The summed E-state index contributed by atoms with van der Waals surface area (Å²) in [6.07, 6.45) is 2.40. The van der Waals surface area contributed by atoms with Crippen LogP contribution in [-0.2, 0) is 11.2 Å². The first-order valence-electron chi connectivity index (χ1n) is 5.47. The van der Waals surface area contributed by atoms with E-state index in [0.29, 0.717) is 6.42 Å². The van der Waals surface area contributed by atoms with Crippen LogP contribution in [0.5, 0.6) is 0 Å². The Morgan fingerprint density at radius 2 is 2.38 bits per heavy atom. The maximum absolute atomic E-state index is 11.8. The highest BCUT2D eigenvalue weighted by atomic mass is 79.9. The summed E-state index contributed by atoms with van der Waals surface area (Å²) in [6.45, 7) is 4.20. The topological polar surface area (TPSA) is 29.1 Å². The predicted octanol–water partition coefficient (Wildman–Crippen LogP) is 3.36. The smallest absolute Gasteiger partial charge is 0.224 e. The molecule has 0 saturated heterocycles. The molecule has 0 aliphatic rings. The lowest BCUT2D eigenvalue weighted by Crippen LogP contribution is -2.46. The van der Waals surface area contributed by atoms with Gasteiger partial charge >= 0.3 is 0 Å². The van der Waals surface area contributed by atoms with E-state index >= 15 is 0 Å². The lowest BCUT2D eigenvalue weighted by molar-refractivity contribution is -0.122. The third-order valence-electron chi connectivity index (χ3n) is 2.81. The van der Waals surface area contributed by atoms with Crippen molar-refractivity contribution >= 4 is 33.2 Å². The Hall–Kier alpha value is -0.350. The van der Waals surface area contributed by atoms with E-state index in [1.807, 2.05) is 16.8 Å². The standard InChI is InChI=1S/C12H18BrNOS/c1-3-12(2,5-6-13)14-11(15)8-10-4-7-16-9-10/h4,7,9H,3,5-6,8H2,1-2H3,(H,14,15). The Balaban J connectivity index is 2.49. The van der Waals surface area contributed by atoms with E-state index in [0.717, 1.165) is 23.7 Å². The van der Waals surface area contributed by atoms with Crippen LogP contribution >= 0.6 is 27.3 Å². The Labute approximate surface area is 110 Å². The number of rotatable bonds is 6. The number of carbonyl (C=O) groups excluding carboxylic acids is 1. The normalized spacial score (nSPS) is 14.4. The van der Waals surface area contributed by atoms with Gasteiger partial charge < -0.3 is 5.32 Å². The highest BCUT2D eigenvalue weighted by Crippen LogP contribution is 2.16. The number of alkyl halides is 1. The second-order valence-corrected chi connectivity index (χ2v) is 5.78. The van der Waals surface area contributed by atoms with Crippen molar-refractivity contribution < 1.29 is 4.79 Å². The van der Waals surface area contributed by atoms with Crippen molar-refractivity contribution in [1.82, 2.24) is 5.32 Å². The van der Waals surface area contributed by atoms with Gasteiger partial charge in [0.1, 0.15) is 0 Å². The molecule has 1 amide bonds. The third kappa shape index (κ3) is 4.26. The van der Waals surface area contributed by atoms with Crippen LogP contribution < -0.4 is 5.32 Å². The summed E-state index contributed by atoms with van der Waals surface area (Å²) in [6, 6.07) is 2.00. The van der Waals surface area contributed by atoms with Crippen molar-refractivity contribution in [2.45, 2.75) is 38.6 Å². The maximum atomic E-state index is 11.8. The van der Waals surface area contributed by atoms with E-state index in [-0.39, 0.29) is 11.4 Å². The minimum absolute atomic E-state index is 0.0867. The van der Waals surface area contributed by atoms with Gasteiger partial charge in [0.15, 0.2) is 0 Å². The zero-order valence-corrected chi connectivity index (χ0v) is 12.2. The fourth-order valence-corrected chi connectivity index (χ4v) is 3.04. The van der Waals surface area contributed by atoms with Crippen molar-refractivity contribution in [2.24, 2.45) is 0 Å². The summed E-state index contributed by atoms with van der Waals surface area (Å²) in [4.78, 5) is 11.8. The van der Waals surface area contributed by atoms with Gasteiger partial charge in [-0.1, -0.05) is 22.9 Å². The summed E-state index contributed by atoms with van der Waals surface area (Å²) in [5, 5.41) is 8.05. The highest BCUT2D eigenvalue weighted by molar-refractivity contribution is 9.09. The van der Waals surface area contributed by atoms with Crippen LogP contribution in [-0.4, -0.2) is 16.8 Å². The monoisotopic (exact) mass is 303 g/mol. The second kappa shape index (κ2) is 6.40. The number of thiophene rings is 1. The molecule has 0 aliphatic carbocycles. The number of hydrogen-bond donors (Lipinski definition) is 1. The molecule has 90 valence electrons. The minimum Gasteiger partial charge on any atom is -0.351 e. The molecule has 16 heavy (non-hydrogen) atoms. The third-order valence-corrected chi connectivity index (χ3v) is 3.94. The summed E-state index contributed by atoms with van der Waals surface area (Å²) in [5.41, 5.74) is 1.01. The molecule has 0 spiro atoms. The highest BCUT2D eigenvalue weighted by Gasteiger charge is 2.23. The van der Waals surface area contributed by atoms with Gasteiger partial charge in [-0.25, -0.2) is 0 Å². The average Bonchev–Trinajstić information content (AvgIpc) is 2.70. The molecule has 1 aromatic heterocycles. The number of halogens is 1. The van der Waals surface area contributed by atoms with Crippen LogP contribution in [0.3, 0.4) is 0 Å². The van der Waals surface area contributed by atoms with Crippen LogP contribution in [0.1, 0.15) is 32.3 Å². The van der Waals surface area contributed by atoms with Crippen LogP contribution in [0.2, 0.25) is 0 Å². The largest absolute Gasteiger partial charge is 0.351 e. The summed E-state index contributed by atoms with van der Waals surface area (Å²) in [7, 11) is 0. The van der Waals surface area contributed by atoms with Crippen molar-refractivity contribution in [3.63, 3.8) is 0 Å². The van der Waals surface area contributed by atoms with Gasteiger partial charge in [0.05, 0.1) is 6.42 Å². The van der Waals surface area contributed by atoms with Gasteiger partial charge in [0, 0.05) is 10.9 Å². The fourth-order valence-electron chi connectivity index (χ4n) is 1.50.